The van der Waals surface area contributed by atoms with Crippen molar-refractivity contribution in [1.29, 1.82) is 0 Å². The highest BCUT2D eigenvalue weighted by atomic mass is 32.3. The molecule has 1 unspecified atom stereocenters. The van der Waals surface area contributed by atoms with Gasteiger partial charge in [-0.15, -0.1) is 0 Å². The van der Waals surface area contributed by atoms with Crippen LogP contribution in [0.4, 0.5) is 5.69 Å². The molecule has 28 heavy (non-hydrogen) atoms. The summed E-state index contributed by atoms with van der Waals surface area (Å²) in [6.07, 6.45) is 0.121. The summed E-state index contributed by atoms with van der Waals surface area (Å²) >= 11 is 0. The number of esters is 1. The highest BCUT2D eigenvalue weighted by molar-refractivity contribution is 8.00. The first kappa shape index (κ1) is 20.4. The van der Waals surface area contributed by atoms with Crippen molar-refractivity contribution in [3.8, 4) is 11.5 Å². The van der Waals surface area contributed by atoms with Gasteiger partial charge in [0.2, 0.25) is 0 Å². The molecule has 7 heteroatoms. The summed E-state index contributed by atoms with van der Waals surface area (Å²) in [5, 5.41) is 0. The van der Waals surface area contributed by atoms with Gasteiger partial charge in [-0.05, 0) is 47.7 Å². The maximum atomic E-state index is 13.8. The zero-order chi connectivity index (χ0) is 20.3. The Labute approximate surface area is 166 Å². The van der Waals surface area contributed by atoms with E-state index in [-0.39, 0.29) is 24.1 Å². The van der Waals surface area contributed by atoms with E-state index in [0.29, 0.717) is 28.7 Å². The number of ether oxygens (including phenoxy) is 3. The Morgan fingerprint density at radius 3 is 2.57 bits per heavy atom. The molecule has 0 aromatic heterocycles. The largest absolute Gasteiger partial charge is 0.626 e. The highest BCUT2D eigenvalue weighted by Crippen LogP contribution is 2.49. The monoisotopic (exact) mass is 403 g/mol. The number of hydrogen-bond acceptors (Lipinski definition) is 6. The van der Waals surface area contributed by atoms with Crippen LogP contribution in [-0.2, 0) is 19.6 Å². The molecule has 0 amide bonds. The summed E-state index contributed by atoms with van der Waals surface area (Å²) in [5.41, 5.74) is 2.09. The molecule has 1 heterocycles. The molecule has 0 saturated carbocycles. The lowest BCUT2D eigenvalue weighted by molar-refractivity contribution is -0.143. The van der Waals surface area contributed by atoms with Crippen LogP contribution in [-0.4, -0.2) is 37.1 Å². The van der Waals surface area contributed by atoms with Crippen molar-refractivity contribution in [1.82, 2.24) is 0 Å². The molecule has 1 aliphatic heterocycles. The van der Waals surface area contributed by atoms with Crippen molar-refractivity contribution in [2.24, 2.45) is 4.36 Å². The summed E-state index contributed by atoms with van der Waals surface area (Å²) in [4.78, 5) is 12.9. The van der Waals surface area contributed by atoms with E-state index in [1.54, 1.807) is 33.3 Å². The summed E-state index contributed by atoms with van der Waals surface area (Å²) in [7, 11) is 0.373. The van der Waals surface area contributed by atoms with Crippen molar-refractivity contribution in [3.05, 3.63) is 47.5 Å². The van der Waals surface area contributed by atoms with Gasteiger partial charge in [0.05, 0.1) is 27.2 Å². The minimum atomic E-state index is -2.76. The SMILES string of the molecule is CCOC(=O)C[C@@H]1C[S+]([O-])(c2ccccc2)=Nc2c1cc(OC)c(C)c2OC. The molecule has 0 saturated heterocycles. The number of fused-ring (bicyclic) bond motifs is 1. The number of hydrogen-bond donors (Lipinski definition) is 0. The molecule has 6 nitrogen and oxygen atoms in total. The summed E-state index contributed by atoms with van der Waals surface area (Å²) < 4.78 is 34.7. The second-order valence-corrected chi connectivity index (χ2v) is 8.86. The first-order valence-electron chi connectivity index (χ1n) is 9.14. The van der Waals surface area contributed by atoms with Crippen LogP contribution >= 0.6 is 0 Å². The Hall–Kier alpha value is -2.38. The van der Waals surface area contributed by atoms with Crippen molar-refractivity contribution in [2.75, 3.05) is 26.6 Å². The third-order valence-corrected chi connectivity index (χ3v) is 7.19. The smallest absolute Gasteiger partial charge is 0.306 e. The minimum absolute atomic E-state index is 0.121. The lowest BCUT2D eigenvalue weighted by Crippen LogP contribution is -2.27. The Morgan fingerprint density at radius 2 is 1.96 bits per heavy atom. The number of methoxy groups -OCH3 is 2. The normalized spacial score (nSPS) is 20.7. The van der Waals surface area contributed by atoms with E-state index in [9.17, 15) is 9.35 Å². The highest BCUT2D eigenvalue weighted by Gasteiger charge is 2.36. The Morgan fingerprint density at radius 1 is 1.25 bits per heavy atom. The molecule has 2 atom stereocenters. The second-order valence-electron chi connectivity index (χ2n) is 6.59. The van der Waals surface area contributed by atoms with Crippen LogP contribution in [0.1, 0.15) is 30.4 Å². The standard InChI is InChI=1S/C21H25NO5S/c1-5-27-19(23)11-15-13-28(24,16-9-7-6-8-10-16)22-20-17(15)12-18(25-3)14(2)21(20)26-4/h6-10,12,15H,5,11,13H2,1-4H3/t15-,28?/m1/s1. The molecule has 0 spiro atoms. The number of nitrogens with zero attached hydrogens (tertiary/aromatic N) is 1. The fraction of sp³-hybridized carbons (Fsp3) is 0.381. The van der Waals surface area contributed by atoms with Gasteiger partial charge in [-0.2, -0.15) is 0 Å². The summed E-state index contributed by atoms with van der Waals surface area (Å²) in [6, 6.07) is 11.0. The molecule has 0 N–H and O–H groups in total. The third-order valence-electron chi connectivity index (χ3n) is 4.84. The van der Waals surface area contributed by atoms with Crippen LogP contribution < -0.4 is 9.47 Å². The number of carbonyl (C=O) groups excluding carboxylic acids is 1. The molecule has 3 rings (SSSR count). The molecule has 2 aromatic rings. The van der Waals surface area contributed by atoms with E-state index in [4.69, 9.17) is 14.2 Å². The number of carbonyl (C=O) groups is 1. The predicted molar refractivity (Wildman–Crippen MR) is 108 cm³/mol. The Kier molecular flexibility index (Phi) is 6.05. The molecular weight excluding hydrogens is 378 g/mol. The molecule has 2 aromatic carbocycles. The van der Waals surface area contributed by atoms with Crippen LogP contribution in [0, 0.1) is 6.92 Å². The van der Waals surface area contributed by atoms with Gasteiger partial charge < -0.3 is 18.8 Å². The molecule has 0 aliphatic carbocycles. The van der Waals surface area contributed by atoms with E-state index in [1.807, 2.05) is 31.2 Å². The van der Waals surface area contributed by atoms with Gasteiger partial charge in [-0.3, -0.25) is 4.79 Å². The van der Waals surface area contributed by atoms with Gasteiger partial charge >= 0.3 is 5.97 Å². The maximum absolute atomic E-state index is 13.8. The average Bonchev–Trinajstić information content (AvgIpc) is 2.68. The van der Waals surface area contributed by atoms with E-state index < -0.39 is 10.1 Å². The Balaban J connectivity index is 2.22. The fourth-order valence-corrected chi connectivity index (χ4v) is 5.81. The van der Waals surface area contributed by atoms with E-state index in [2.05, 4.69) is 4.36 Å². The van der Waals surface area contributed by atoms with Crippen LogP contribution in [0.2, 0.25) is 0 Å². The quantitative estimate of drug-likeness (QED) is 0.533. The summed E-state index contributed by atoms with van der Waals surface area (Å²) in [5.74, 6) is 0.758. The zero-order valence-electron chi connectivity index (χ0n) is 16.6. The van der Waals surface area contributed by atoms with Crippen molar-refractivity contribution < 1.29 is 23.6 Å². The van der Waals surface area contributed by atoms with Crippen molar-refractivity contribution in [2.45, 2.75) is 31.1 Å². The lowest BCUT2D eigenvalue weighted by Gasteiger charge is -2.32. The number of rotatable bonds is 6. The van der Waals surface area contributed by atoms with Gasteiger partial charge in [0.1, 0.15) is 16.4 Å². The van der Waals surface area contributed by atoms with Crippen LogP contribution in [0.3, 0.4) is 0 Å². The molecule has 0 bridgehead atoms. The minimum Gasteiger partial charge on any atom is -0.626 e. The average molecular weight is 404 g/mol. The fourth-order valence-electron chi connectivity index (χ4n) is 3.52. The van der Waals surface area contributed by atoms with E-state index >= 15 is 0 Å². The van der Waals surface area contributed by atoms with Crippen LogP contribution in [0.15, 0.2) is 45.7 Å². The molecule has 0 radical (unpaired) electrons. The molecule has 1 aliphatic rings. The summed E-state index contributed by atoms with van der Waals surface area (Å²) in [6.45, 7) is 3.94. The third kappa shape index (κ3) is 3.77. The van der Waals surface area contributed by atoms with Gasteiger partial charge in [0, 0.05) is 11.5 Å². The van der Waals surface area contributed by atoms with Crippen molar-refractivity contribution >= 4 is 21.8 Å². The van der Waals surface area contributed by atoms with E-state index in [1.165, 1.54) is 0 Å². The van der Waals surface area contributed by atoms with Crippen LogP contribution in [0.25, 0.3) is 0 Å². The molecular formula is C21H25NO5S. The first-order valence-corrected chi connectivity index (χ1v) is 10.8. The molecule has 0 fully saturated rings. The van der Waals surface area contributed by atoms with E-state index in [0.717, 1.165) is 11.1 Å². The lowest BCUT2D eigenvalue weighted by atomic mass is 9.93. The number of benzene rings is 2. The van der Waals surface area contributed by atoms with Crippen molar-refractivity contribution in [3.63, 3.8) is 0 Å². The zero-order valence-corrected chi connectivity index (χ0v) is 17.4. The molecule has 150 valence electrons. The Bertz CT molecular complexity index is 926. The van der Waals surface area contributed by atoms with Gasteiger partial charge in [-0.1, -0.05) is 22.6 Å². The topological polar surface area (TPSA) is 80.2 Å². The van der Waals surface area contributed by atoms with Gasteiger partial charge in [0.25, 0.3) is 0 Å². The van der Waals surface area contributed by atoms with Crippen LogP contribution in [0.5, 0.6) is 11.5 Å². The van der Waals surface area contributed by atoms with Gasteiger partial charge in [0.15, 0.2) is 11.4 Å². The second kappa shape index (κ2) is 8.32. The maximum Gasteiger partial charge on any atom is 0.306 e. The van der Waals surface area contributed by atoms with Gasteiger partial charge in [-0.25, -0.2) is 0 Å². The predicted octanol–water partition coefficient (Wildman–Crippen LogP) is 4.22. The first-order chi connectivity index (χ1) is 13.4.